The second kappa shape index (κ2) is 6.78. The highest BCUT2D eigenvalue weighted by Gasteiger charge is 2.14. The van der Waals surface area contributed by atoms with E-state index in [1.807, 2.05) is 44.1 Å². The molecule has 0 aromatic carbocycles. The first-order chi connectivity index (χ1) is 11.9. The van der Waals surface area contributed by atoms with E-state index in [2.05, 4.69) is 37.0 Å². The second-order valence-electron chi connectivity index (χ2n) is 6.50. The Kier molecular flexibility index (Phi) is 4.69. The van der Waals surface area contributed by atoms with Crippen LogP contribution in [0.5, 0.6) is 0 Å². The lowest BCUT2D eigenvalue weighted by Crippen LogP contribution is -2.19. The molecule has 0 unspecified atom stereocenters. The van der Waals surface area contributed by atoms with Crippen molar-refractivity contribution < 1.29 is 0 Å². The van der Waals surface area contributed by atoms with E-state index in [0.717, 1.165) is 66.1 Å². The zero-order valence-electron chi connectivity index (χ0n) is 15.9. The average Bonchev–Trinajstić information content (AvgIpc) is 3.15. The van der Waals surface area contributed by atoms with Gasteiger partial charge in [-0.2, -0.15) is 10.1 Å². The SMILES string of the molecule is CCCN(C)c1nc(CCc2nc3c(C)nc(C)c(C)n3n2)n(C)n1. The molecule has 0 amide bonds. The molecule has 0 bridgehead atoms. The highest BCUT2D eigenvalue weighted by atomic mass is 15.4. The van der Waals surface area contributed by atoms with Crippen LogP contribution >= 0.6 is 0 Å². The van der Waals surface area contributed by atoms with Crippen LogP contribution in [0.2, 0.25) is 0 Å². The summed E-state index contributed by atoms with van der Waals surface area (Å²) in [6.45, 7) is 9.08. The van der Waals surface area contributed by atoms with Crippen molar-refractivity contribution in [1.29, 1.82) is 0 Å². The molecule has 0 saturated heterocycles. The topological polar surface area (TPSA) is 77.0 Å². The fourth-order valence-corrected chi connectivity index (χ4v) is 2.90. The summed E-state index contributed by atoms with van der Waals surface area (Å²) in [7, 11) is 3.96. The summed E-state index contributed by atoms with van der Waals surface area (Å²) in [5, 5.41) is 9.15. The van der Waals surface area contributed by atoms with Crippen molar-refractivity contribution in [1.82, 2.24) is 34.3 Å². The third kappa shape index (κ3) is 3.33. The van der Waals surface area contributed by atoms with Crippen LogP contribution in [0.4, 0.5) is 5.95 Å². The second-order valence-corrected chi connectivity index (χ2v) is 6.50. The van der Waals surface area contributed by atoms with Crippen molar-refractivity contribution in [3.05, 3.63) is 28.7 Å². The number of aryl methyl sites for hydroxylation is 6. The van der Waals surface area contributed by atoms with Crippen molar-refractivity contribution in [2.75, 3.05) is 18.5 Å². The molecule has 25 heavy (non-hydrogen) atoms. The van der Waals surface area contributed by atoms with E-state index >= 15 is 0 Å². The zero-order chi connectivity index (χ0) is 18.1. The minimum Gasteiger partial charge on any atom is -0.343 e. The Morgan fingerprint density at radius 1 is 0.960 bits per heavy atom. The predicted molar refractivity (Wildman–Crippen MR) is 97.0 cm³/mol. The van der Waals surface area contributed by atoms with E-state index in [9.17, 15) is 0 Å². The molecule has 0 saturated carbocycles. The Morgan fingerprint density at radius 2 is 1.72 bits per heavy atom. The third-order valence-electron chi connectivity index (χ3n) is 4.47. The third-order valence-corrected chi connectivity index (χ3v) is 4.47. The largest absolute Gasteiger partial charge is 0.343 e. The molecule has 134 valence electrons. The summed E-state index contributed by atoms with van der Waals surface area (Å²) in [4.78, 5) is 15.9. The molecule has 8 nitrogen and oxygen atoms in total. The Labute approximate surface area is 147 Å². The van der Waals surface area contributed by atoms with Crippen molar-refractivity contribution in [3.63, 3.8) is 0 Å². The predicted octanol–water partition coefficient (Wildman–Crippen LogP) is 1.81. The van der Waals surface area contributed by atoms with E-state index < -0.39 is 0 Å². The first kappa shape index (κ1) is 17.3. The van der Waals surface area contributed by atoms with Crippen LogP contribution < -0.4 is 4.90 Å². The summed E-state index contributed by atoms with van der Waals surface area (Å²) >= 11 is 0. The number of fused-ring (bicyclic) bond motifs is 1. The molecule has 3 rings (SSSR count). The minimum atomic E-state index is 0.725. The fourth-order valence-electron chi connectivity index (χ4n) is 2.90. The van der Waals surface area contributed by atoms with Crippen molar-refractivity contribution in [2.45, 2.75) is 47.0 Å². The molecule has 0 fully saturated rings. The lowest BCUT2D eigenvalue weighted by molar-refractivity contribution is 0.680. The van der Waals surface area contributed by atoms with Crippen LogP contribution in [0.25, 0.3) is 5.65 Å². The molecule has 8 heteroatoms. The minimum absolute atomic E-state index is 0.725. The van der Waals surface area contributed by atoms with Crippen LogP contribution in [-0.2, 0) is 19.9 Å². The summed E-state index contributed by atoms with van der Waals surface area (Å²) in [6, 6.07) is 0. The van der Waals surface area contributed by atoms with E-state index in [-0.39, 0.29) is 0 Å². The van der Waals surface area contributed by atoms with Gasteiger partial charge >= 0.3 is 0 Å². The van der Waals surface area contributed by atoms with Gasteiger partial charge in [0, 0.05) is 33.5 Å². The quantitative estimate of drug-likeness (QED) is 0.680. The average molecular weight is 342 g/mol. The van der Waals surface area contributed by atoms with Gasteiger partial charge in [-0.05, 0) is 27.2 Å². The van der Waals surface area contributed by atoms with Gasteiger partial charge in [-0.15, -0.1) is 5.10 Å². The van der Waals surface area contributed by atoms with Crippen LogP contribution in [0.3, 0.4) is 0 Å². The molecule has 0 aliphatic rings. The molecule has 0 radical (unpaired) electrons. The summed E-state index contributed by atoms with van der Waals surface area (Å²) in [5.74, 6) is 2.53. The van der Waals surface area contributed by atoms with Gasteiger partial charge in [-0.3, -0.25) is 9.67 Å². The molecule has 0 aliphatic heterocycles. The van der Waals surface area contributed by atoms with Crippen molar-refractivity contribution >= 4 is 11.6 Å². The van der Waals surface area contributed by atoms with Crippen molar-refractivity contribution in [3.8, 4) is 0 Å². The number of anilines is 1. The standard InChI is InChI=1S/C17H26N8/c1-7-10-23(5)17-20-15(24(6)22-17)9-8-14-19-16-12(3)18-11(2)13(4)25(16)21-14/h7-10H2,1-6H3. The monoisotopic (exact) mass is 342 g/mol. The van der Waals surface area contributed by atoms with Crippen LogP contribution in [0.15, 0.2) is 0 Å². The van der Waals surface area contributed by atoms with Crippen LogP contribution in [-0.4, -0.2) is 47.9 Å². The summed E-state index contributed by atoms with van der Waals surface area (Å²) in [6.07, 6.45) is 2.55. The molecule has 0 spiro atoms. The van der Waals surface area contributed by atoms with Gasteiger partial charge in [0.15, 0.2) is 11.5 Å². The molecule has 0 aliphatic carbocycles. The lowest BCUT2D eigenvalue weighted by Gasteiger charge is -2.12. The summed E-state index contributed by atoms with van der Waals surface area (Å²) in [5.41, 5.74) is 3.75. The number of nitrogens with zero attached hydrogens (tertiary/aromatic N) is 8. The van der Waals surface area contributed by atoms with Gasteiger partial charge in [0.25, 0.3) is 0 Å². The van der Waals surface area contributed by atoms with Gasteiger partial charge < -0.3 is 4.90 Å². The van der Waals surface area contributed by atoms with Crippen LogP contribution in [0.1, 0.15) is 42.1 Å². The number of hydrogen-bond donors (Lipinski definition) is 0. The van der Waals surface area contributed by atoms with Crippen LogP contribution in [0, 0.1) is 20.8 Å². The maximum atomic E-state index is 4.65. The Balaban J connectivity index is 1.79. The Morgan fingerprint density at radius 3 is 2.44 bits per heavy atom. The molecular weight excluding hydrogens is 316 g/mol. The molecule has 3 heterocycles. The smallest absolute Gasteiger partial charge is 0.244 e. The van der Waals surface area contributed by atoms with E-state index in [1.165, 1.54) is 0 Å². The fraction of sp³-hybridized carbons (Fsp3) is 0.588. The Bertz CT molecular complexity index is 892. The normalized spacial score (nSPS) is 11.4. The molecule has 3 aromatic rings. The zero-order valence-corrected chi connectivity index (χ0v) is 15.9. The first-order valence-electron chi connectivity index (χ1n) is 8.71. The van der Waals surface area contributed by atoms with Gasteiger partial charge in [0.05, 0.1) is 17.1 Å². The lowest BCUT2D eigenvalue weighted by atomic mass is 10.3. The van der Waals surface area contributed by atoms with Gasteiger partial charge in [-0.25, -0.2) is 9.50 Å². The molecule has 0 atom stereocenters. The maximum Gasteiger partial charge on any atom is 0.244 e. The number of hydrogen-bond acceptors (Lipinski definition) is 6. The highest BCUT2D eigenvalue weighted by molar-refractivity contribution is 5.44. The maximum absolute atomic E-state index is 4.65. The molecule has 3 aromatic heterocycles. The van der Waals surface area contributed by atoms with Gasteiger partial charge in [-0.1, -0.05) is 6.92 Å². The summed E-state index contributed by atoms with van der Waals surface area (Å²) < 4.78 is 3.74. The van der Waals surface area contributed by atoms with Crippen molar-refractivity contribution in [2.24, 2.45) is 7.05 Å². The van der Waals surface area contributed by atoms with E-state index in [0.29, 0.717) is 0 Å². The van der Waals surface area contributed by atoms with Gasteiger partial charge in [0.2, 0.25) is 5.95 Å². The first-order valence-corrected chi connectivity index (χ1v) is 8.71. The van der Waals surface area contributed by atoms with E-state index in [1.54, 1.807) is 0 Å². The number of aromatic nitrogens is 7. The molecule has 0 N–H and O–H groups in total. The Hall–Kier alpha value is -2.51. The van der Waals surface area contributed by atoms with Gasteiger partial charge in [0.1, 0.15) is 5.82 Å². The molecular formula is C17H26N8. The highest BCUT2D eigenvalue weighted by Crippen LogP contribution is 2.13. The van der Waals surface area contributed by atoms with E-state index in [4.69, 9.17) is 0 Å². The number of rotatable bonds is 6.